The number of carbonyl (C=O) groups excluding carboxylic acids is 2. The average molecular weight is 542 g/mol. The van der Waals surface area contributed by atoms with Crippen molar-refractivity contribution < 1.29 is 9.59 Å². The molecular weight excluding hydrogens is 521 g/mol. The van der Waals surface area contributed by atoms with Crippen molar-refractivity contribution in [1.82, 2.24) is 25.0 Å². The van der Waals surface area contributed by atoms with E-state index in [4.69, 9.17) is 23.2 Å². The molecule has 0 aliphatic rings. The monoisotopic (exact) mass is 541 g/mol. The first-order valence-electron chi connectivity index (χ1n) is 10.7. The first-order valence-corrected chi connectivity index (χ1v) is 12.5. The van der Waals surface area contributed by atoms with E-state index in [1.54, 1.807) is 42.5 Å². The number of hydrogen-bond donors (Lipinski definition) is 2. The predicted molar refractivity (Wildman–Crippen MR) is 141 cm³/mol. The SMILES string of the molecule is CC(=O)Nc1cccc(NC(=O)c2nnn(-c3cc(Cl)cc(Cl)c3)c2CSc2nc(C)cc(C)n2)c1. The van der Waals surface area contributed by atoms with Crippen molar-refractivity contribution in [2.45, 2.75) is 31.7 Å². The van der Waals surface area contributed by atoms with E-state index in [9.17, 15) is 9.59 Å². The minimum Gasteiger partial charge on any atom is -0.326 e. The van der Waals surface area contributed by atoms with Gasteiger partial charge in [-0.05, 0) is 56.3 Å². The molecule has 9 nitrogen and oxygen atoms in total. The molecule has 2 aromatic heterocycles. The highest BCUT2D eigenvalue weighted by Gasteiger charge is 2.22. The molecule has 4 rings (SSSR count). The van der Waals surface area contributed by atoms with Gasteiger partial charge in [0.1, 0.15) is 0 Å². The van der Waals surface area contributed by atoms with Crippen molar-refractivity contribution >= 4 is 58.2 Å². The number of rotatable bonds is 7. The van der Waals surface area contributed by atoms with E-state index in [2.05, 4.69) is 30.9 Å². The van der Waals surface area contributed by atoms with Gasteiger partial charge in [-0.25, -0.2) is 14.6 Å². The molecule has 12 heteroatoms. The zero-order valence-electron chi connectivity index (χ0n) is 19.5. The van der Waals surface area contributed by atoms with Crippen LogP contribution in [0.2, 0.25) is 10.0 Å². The van der Waals surface area contributed by atoms with Gasteiger partial charge in [-0.3, -0.25) is 9.59 Å². The van der Waals surface area contributed by atoms with Crippen LogP contribution in [0.1, 0.15) is 34.5 Å². The summed E-state index contributed by atoms with van der Waals surface area (Å²) in [5.74, 6) is -0.379. The van der Waals surface area contributed by atoms with Crippen LogP contribution in [0.25, 0.3) is 5.69 Å². The van der Waals surface area contributed by atoms with Gasteiger partial charge < -0.3 is 10.6 Å². The molecule has 0 atom stereocenters. The number of aryl methyl sites for hydroxylation is 2. The third kappa shape index (κ3) is 6.39. The predicted octanol–water partition coefficient (Wildman–Crippen LogP) is 5.48. The number of benzene rings is 2. The topological polar surface area (TPSA) is 115 Å². The third-order valence-electron chi connectivity index (χ3n) is 4.81. The number of halogens is 2. The van der Waals surface area contributed by atoms with E-state index < -0.39 is 5.91 Å². The lowest BCUT2D eigenvalue weighted by Crippen LogP contribution is -2.16. The molecule has 0 aliphatic heterocycles. The van der Waals surface area contributed by atoms with Crippen molar-refractivity contribution in [1.29, 1.82) is 0 Å². The summed E-state index contributed by atoms with van der Waals surface area (Å²) in [5, 5.41) is 15.3. The number of thioether (sulfide) groups is 1. The fourth-order valence-electron chi connectivity index (χ4n) is 3.44. The van der Waals surface area contributed by atoms with Crippen LogP contribution in [0.4, 0.5) is 11.4 Å². The molecule has 0 saturated carbocycles. The zero-order chi connectivity index (χ0) is 25.8. The standard InChI is InChI=1S/C24H21Cl2N7O2S/c1-13-7-14(2)28-24(27-13)36-12-21-22(31-32-33(21)20-9-16(25)8-17(26)10-20)23(35)30-19-6-4-5-18(11-19)29-15(3)34/h4-11H,12H2,1-3H3,(H,29,34)(H,30,35). The Hall–Kier alpha value is -3.47. The Bertz CT molecular complexity index is 1420. The summed E-state index contributed by atoms with van der Waals surface area (Å²) >= 11 is 13.8. The van der Waals surface area contributed by atoms with Crippen molar-refractivity contribution in [3.8, 4) is 5.69 Å². The number of anilines is 2. The largest absolute Gasteiger partial charge is 0.326 e. The minimum absolute atomic E-state index is 0.118. The molecule has 0 radical (unpaired) electrons. The molecule has 0 aliphatic carbocycles. The Balaban J connectivity index is 1.68. The molecule has 0 fully saturated rings. The smallest absolute Gasteiger partial charge is 0.278 e. The van der Waals surface area contributed by atoms with Gasteiger partial charge in [-0.1, -0.05) is 46.2 Å². The van der Waals surface area contributed by atoms with Crippen LogP contribution in [0.5, 0.6) is 0 Å². The van der Waals surface area contributed by atoms with E-state index in [0.717, 1.165) is 11.4 Å². The van der Waals surface area contributed by atoms with Crippen molar-refractivity contribution in [2.24, 2.45) is 0 Å². The minimum atomic E-state index is -0.466. The number of carbonyl (C=O) groups is 2. The van der Waals surface area contributed by atoms with Gasteiger partial charge in [0.2, 0.25) is 5.91 Å². The average Bonchev–Trinajstić information content (AvgIpc) is 3.20. The first-order chi connectivity index (χ1) is 17.2. The molecule has 0 saturated heterocycles. The van der Waals surface area contributed by atoms with Gasteiger partial charge in [0.05, 0.1) is 11.4 Å². The molecule has 2 N–H and O–H groups in total. The summed E-state index contributed by atoms with van der Waals surface area (Å²) < 4.78 is 1.52. The van der Waals surface area contributed by atoms with Crippen LogP contribution >= 0.6 is 35.0 Å². The van der Waals surface area contributed by atoms with Gasteiger partial charge in [-0.15, -0.1) is 5.10 Å². The lowest BCUT2D eigenvalue weighted by Gasteiger charge is -2.10. The van der Waals surface area contributed by atoms with Gasteiger partial charge in [-0.2, -0.15) is 0 Å². The van der Waals surface area contributed by atoms with Gasteiger partial charge in [0.15, 0.2) is 10.9 Å². The van der Waals surface area contributed by atoms with E-state index in [1.807, 2.05) is 19.9 Å². The summed E-state index contributed by atoms with van der Waals surface area (Å²) in [6.07, 6.45) is 0. The summed E-state index contributed by atoms with van der Waals surface area (Å²) in [7, 11) is 0. The van der Waals surface area contributed by atoms with E-state index in [1.165, 1.54) is 23.4 Å². The maximum Gasteiger partial charge on any atom is 0.278 e. The highest BCUT2D eigenvalue weighted by Crippen LogP contribution is 2.27. The van der Waals surface area contributed by atoms with Gasteiger partial charge in [0.25, 0.3) is 5.91 Å². The van der Waals surface area contributed by atoms with Crippen LogP contribution in [0.15, 0.2) is 53.7 Å². The number of amides is 2. The molecule has 0 spiro atoms. The quantitative estimate of drug-likeness (QED) is 0.235. The number of hydrogen-bond acceptors (Lipinski definition) is 7. The van der Waals surface area contributed by atoms with Crippen LogP contribution in [0, 0.1) is 13.8 Å². The van der Waals surface area contributed by atoms with Crippen LogP contribution in [0.3, 0.4) is 0 Å². The fourth-order valence-corrected chi connectivity index (χ4v) is 4.89. The molecule has 184 valence electrons. The molecule has 4 aromatic rings. The maximum absolute atomic E-state index is 13.3. The van der Waals surface area contributed by atoms with Crippen LogP contribution in [-0.2, 0) is 10.5 Å². The van der Waals surface area contributed by atoms with E-state index in [-0.39, 0.29) is 11.6 Å². The molecule has 0 unspecified atom stereocenters. The van der Waals surface area contributed by atoms with Crippen molar-refractivity contribution in [3.63, 3.8) is 0 Å². The fraction of sp³-hybridized carbons (Fsp3) is 0.167. The molecular formula is C24H21Cl2N7O2S. The second-order valence-corrected chi connectivity index (χ2v) is 9.68. The highest BCUT2D eigenvalue weighted by atomic mass is 35.5. The molecule has 0 bridgehead atoms. The molecule has 2 heterocycles. The summed E-state index contributed by atoms with van der Waals surface area (Å²) in [5.41, 5.74) is 3.92. The number of nitrogens with one attached hydrogen (secondary N) is 2. The van der Waals surface area contributed by atoms with E-state index >= 15 is 0 Å². The number of nitrogens with zero attached hydrogens (tertiary/aromatic N) is 5. The van der Waals surface area contributed by atoms with Crippen LogP contribution in [-0.4, -0.2) is 36.8 Å². The molecule has 2 aromatic carbocycles. The van der Waals surface area contributed by atoms with E-state index in [0.29, 0.717) is 43.7 Å². The Morgan fingerprint density at radius 3 is 2.22 bits per heavy atom. The molecule has 2 amide bonds. The Kier molecular flexibility index (Phi) is 7.88. The van der Waals surface area contributed by atoms with Crippen molar-refractivity contribution in [2.75, 3.05) is 10.6 Å². The van der Waals surface area contributed by atoms with Crippen LogP contribution < -0.4 is 10.6 Å². The Labute approximate surface area is 221 Å². The Morgan fingerprint density at radius 1 is 0.944 bits per heavy atom. The molecule has 36 heavy (non-hydrogen) atoms. The normalized spacial score (nSPS) is 10.8. The first kappa shape index (κ1) is 25.6. The van der Waals surface area contributed by atoms with Crippen molar-refractivity contribution in [3.05, 3.63) is 81.4 Å². The lowest BCUT2D eigenvalue weighted by molar-refractivity contribution is -0.114. The summed E-state index contributed by atoms with van der Waals surface area (Å²) in [6, 6.07) is 13.7. The third-order valence-corrected chi connectivity index (χ3v) is 6.11. The summed E-state index contributed by atoms with van der Waals surface area (Å²) in [6.45, 7) is 5.20. The maximum atomic E-state index is 13.3. The van der Waals surface area contributed by atoms with Gasteiger partial charge in [0, 0.05) is 45.5 Å². The van der Waals surface area contributed by atoms with Gasteiger partial charge >= 0.3 is 0 Å². The highest BCUT2D eigenvalue weighted by molar-refractivity contribution is 7.98. The Morgan fingerprint density at radius 2 is 1.58 bits per heavy atom. The second-order valence-electron chi connectivity index (χ2n) is 7.86. The lowest BCUT2D eigenvalue weighted by atomic mass is 10.2. The zero-order valence-corrected chi connectivity index (χ0v) is 21.9. The number of aromatic nitrogens is 5. The summed E-state index contributed by atoms with van der Waals surface area (Å²) in [4.78, 5) is 33.6. The second kappa shape index (κ2) is 11.1.